The topological polar surface area (TPSA) is 103 Å². The van der Waals surface area contributed by atoms with Gasteiger partial charge in [-0.3, -0.25) is 9.78 Å². The summed E-state index contributed by atoms with van der Waals surface area (Å²) in [5.74, 6) is 0.763. The van der Waals surface area contributed by atoms with Gasteiger partial charge in [0, 0.05) is 57.2 Å². The minimum atomic E-state index is -0.120. The summed E-state index contributed by atoms with van der Waals surface area (Å²) in [5, 5.41) is 6.61. The second-order valence-corrected chi connectivity index (χ2v) is 9.16. The normalized spacial score (nSPS) is 15.9. The smallest absolute Gasteiger partial charge is 0.317 e. The maximum Gasteiger partial charge on any atom is 0.317 e. The number of nitrogens with zero attached hydrogens (tertiary/aromatic N) is 5. The molecule has 0 spiro atoms. The van der Waals surface area contributed by atoms with Crippen LogP contribution in [-0.2, 0) is 11.3 Å². The molecule has 178 valence electrons. The van der Waals surface area contributed by atoms with E-state index < -0.39 is 0 Å². The molecule has 33 heavy (non-hydrogen) atoms. The molecule has 1 unspecified atom stereocenters. The van der Waals surface area contributed by atoms with Crippen LogP contribution < -0.4 is 15.5 Å². The third-order valence-electron chi connectivity index (χ3n) is 5.22. The summed E-state index contributed by atoms with van der Waals surface area (Å²) < 4.78 is 0. The SMILES string of the molecule is CCCCNC(=O)N1CCN(c2cc(Cl)nc(SCC(=O)NCc3cccnc3)n2)CC1C. The summed E-state index contributed by atoms with van der Waals surface area (Å²) >= 11 is 7.48. The Morgan fingerprint density at radius 2 is 2.12 bits per heavy atom. The van der Waals surface area contributed by atoms with Crippen molar-refractivity contribution in [3.8, 4) is 0 Å². The van der Waals surface area contributed by atoms with Crippen molar-refractivity contribution in [3.05, 3.63) is 41.3 Å². The number of pyridine rings is 1. The molecule has 1 atom stereocenters. The van der Waals surface area contributed by atoms with Gasteiger partial charge in [0.25, 0.3) is 0 Å². The molecule has 0 aromatic carbocycles. The Morgan fingerprint density at radius 1 is 1.27 bits per heavy atom. The largest absolute Gasteiger partial charge is 0.353 e. The van der Waals surface area contributed by atoms with E-state index in [0.29, 0.717) is 48.9 Å². The van der Waals surface area contributed by atoms with Crippen molar-refractivity contribution >= 4 is 41.1 Å². The predicted molar refractivity (Wildman–Crippen MR) is 131 cm³/mol. The lowest BCUT2D eigenvalue weighted by Crippen LogP contribution is -2.56. The van der Waals surface area contributed by atoms with E-state index in [1.807, 2.05) is 24.0 Å². The monoisotopic (exact) mass is 491 g/mol. The zero-order valence-corrected chi connectivity index (χ0v) is 20.5. The van der Waals surface area contributed by atoms with Crippen LogP contribution in [0.25, 0.3) is 0 Å². The highest BCUT2D eigenvalue weighted by Gasteiger charge is 2.28. The number of rotatable bonds is 9. The fourth-order valence-corrected chi connectivity index (χ4v) is 4.35. The van der Waals surface area contributed by atoms with E-state index in [1.54, 1.807) is 18.5 Å². The van der Waals surface area contributed by atoms with Crippen LogP contribution in [0.5, 0.6) is 0 Å². The van der Waals surface area contributed by atoms with E-state index in [4.69, 9.17) is 11.6 Å². The molecule has 1 aliphatic heterocycles. The average Bonchev–Trinajstić information content (AvgIpc) is 2.81. The fraction of sp³-hybridized carbons (Fsp3) is 0.500. The van der Waals surface area contributed by atoms with E-state index in [2.05, 4.69) is 37.4 Å². The number of hydrogen-bond acceptors (Lipinski definition) is 7. The van der Waals surface area contributed by atoms with Gasteiger partial charge in [0.1, 0.15) is 11.0 Å². The van der Waals surface area contributed by atoms with Crippen molar-refractivity contribution in [2.45, 2.75) is 44.4 Å². The van der Waals surface area contributed by atoms with Crippen LogP contribution in [-0.4, -0.2) is 69.8 Å². The summed E-state index contributed by atoms with van der Waals surface area (Å²) in [6.07, 6.45) is 5.43. The highest BCUT2D eigenvalue weighted by molar-refractivity contribution is 7.99. The Kier molecular flexibility index (Phi) is 9.56. The fourth-order valence-electron chi connectivity index (χ4n) is 3.44. The lowest BCUT2D eigenvalue weighted by molar-refractivity contribution is -0.118. The zero-order valence-electron chi connectivity index (χ0n) is 19.0. The van der Waals surface area contributed by atoms with Crippen molar-refractivity contribution in [1.29, 1.82) is 0 Å². The molecule has 9 nitrogen and oxygen atoms in total. The van der Waals surface area contributed by atoms with E-state index in [-0.39, 0.29) is 23.7 Å². The molecule has 0 bridgehead atoms. The highest BCUT2D eigenvalue weighted by Crippen LogP contribution is 2.24. The first-order valence-electron chi connectivity index (χ1n) is 11.1. The molecule has 2 aromatic rings. The molecule has 0 aliphatic carbocycles. The van der Waals surface area contributed by atoms with Gasteiger partial charge in [-0.15, -0.1) is 0 Å². The summed E-state index contributed by atoms with van der Waals surface area (Å²) in [5.41, 5.74) is 0.935. The maximum absolute atomic E-state index is 12.4. The van der Waals surface area contributed by atoms with Gasteiger partial charge in [0.15, 0.2) is 5.16 Å². The Bertz CT molecular complexity index is 934. The van der Waals surface area contributed by atoms with Crippen LogP contribution in [0.15, 0.2) is 35.7 Å². The molecule has 0 radical (unpaired) electrons. The number of nitrogens with one attached hydrogen (secondary N) is 2. The number of halogens is 1. The summed E-state index contributed by atoms with van der Waals surface area (Å²) in [7, 11) is 0. The van der Waals surface area contributed by atoms with Crippen molar-refractivity contribution in [2.24, 2.45) is 0 Å². The molecule has 3 heterocycles. The Balaban J connectivity index is 1.52. The molecular formula is C22H30ClN7O2S. The third-order valence-corrected chi connectivity index (χ3v) is 6.27. The lowest BCUT2D eigenvalue weighted by atomic mass is 10.2. The van der Waals surface area contributed by atoms with Crippen LogP contribution in [0, 0.1) is 0 Å². The molecule has 1 aliphatic rings. The van der Waals surface area contributed by atoms with Crippen LogP contribution >= 0.6 is 23.4 Å². The molecule has 11 heteroatoms. The first-order valence-corrected chi connectivity index (χ1v) is 12.4. The Labute approximate surface area is 203 Å². The Hall–Kier alpha value is -2.59. The lowest BCUT2D eigenvalue weighted by Gasteiger charge is -2.40. The Morgan fingerprint density at radius 3 is 2.85 bits per heavy atom. The van der Waals surface area contributed by atoms with Gasteiger partial charge in [-0.1, -0.05) is 42.8 Å². The number of anilines is 1. The zero-order chi connectivity index (χ0) is 23.6. The van der Waals surface area contributed by atoms with Crippen molar-refractivity contribution in [1.82, 2.24) is 30.5 Å². The highest BCUT2D eigenvalue weighted by atomic mass is 35.5. The minimum absolute atomic E-state index is 0.0233. The first-order chi connectivity index (χ1) is 16.0. The summed E-state index contributed by atoms with van der Waals surface area (Å²) in [6, 6.07) is 5.46. The third kappa shape index (κ3) is 7.75. The second-order valence-electron chi connectivity index (χ2n) is 7.83. The standard InChI is InChI=1S/C22H30ClN7O2S/c1-3-4-8-25-22(32)30-10-9-29(14-16(30)2)19-11-18(23)27-21(28-19)33-15-20(31)26-13-17-6-5-7-24-12-17/h5-7,11-12,16H,3-4,8-10,13-15H2,1-2H3,(H,25,32)(H,26,31). The first kappa shape index (κ1) is 25.0. The van der Waals surface area contributed by atoms with Crippen molar-refractivity contribution in [2.75, 3.05) is 36.8 Å². The average molecular weight is 492 g/mol. The van der Waals surface area contributed by atoms with Crippen LogP contribution in [0.2, 0.25) is 5.15 Å². The molecule has 3 amide bonds. The van der Waals surface area contributed by atoms with Gasteiger partial charge in [-0.05, 0) is 25.0 Å². The van der Waals surface area contributed by atoms with Gasteiger partial charge < -0.3 is 20.4 Å². The van der Waals surface area contributed by atoms with Gasteiger partial charge in [-0.2, -0.15) is 0 Å². The van der Waals surface area contributed by atoms with Crippen LogP contribution in [0.1, 0.15) is 32.3 Å². The van der Waals surface area contributed by atoms with E-state index in [0.717, 1.165) is 18.4 Å². The number of urea groups is 1. The molecule has 2 N–H and O–H groups in total. The maximum atomic E-state index is 12.4. The molecule has 1 fully saturated rings. The number of piperazine rings is 1. The van der Waals surface area contributed by atoms with E-state index >= 15 is 0 Å². The van der Waals surface area contributed by atoms with Gasteiger partial charge in [0.2, 0.25) is 5.91 Å². The quantitative estimate of drug-likeness (QED) is 0.240. The number of carbonyl (C=O) groups excluding carboxylic acids is 2. The van der Waals surface area contributed by atoms with Gasteiger partial charge in [-0.25, -0.2) is 14.8 Å². The summed E-state index contributed by atoms with van der Waals surface area (Å²) in [6.45, 7) is 7.13. The predicted octanol–water partition coefficient (Wildman–Crippen LogP) is 2.95. The molecule has 2 aromatic heterocycles. The number of hydrogen-bond donors (Lipinski definition) is 2. The minimum Gasteiger partial charge on any atom is -0.353 e. The van der Waals surface area contributed by atoms with Crippen molar-refractivity contribution in [3.63, 3.8) is 0 Å². The molecule has 1 saturated heterocycles. The number of amides is 3. The molecule has 3 rings (SSSR count). The van der Waals surface area contributed by atoms with Crippen molar-refractivity contribution < 1.29 is 9.59 Å². The van der Waals surface area contributed by atoms with Gasteiger partial charge >= 0.3 is 6.03 Å². The number of aromatic nitrogens is 3. The van der Waals surface area contributed by atoms with E-state index in [1.165, 1.54) is 11.8 Å². The summed E-state index contributed by atoms with van der Waals surface area (Å²) in [4.78, 5) is 41.5. The number of carbonyl (C=O) groups is 2. The second kappa shape index (κ2) is 12.6. The van der Waals surface area contributed by atoms with Crippen LogP contribution in [0.3, 0.4) is 0 Å². The van der Waals surface area contributed by atoms with Gasteiger partial charge in [0.05, 0.1) is 5.75 Å². The molecular weight excluding hydrogens is 462 g/mol. The number of unbranched alkanes of at least 4 members (excludes halogenated alkanes) is 1. The van der Waals surface area contributed by atoms with E-state index in [9.17, 15) is 9.59 Å². The number of thioether (sulfide) groups is 1. The molecule has 0 saturated carbocycles. The van der Waals surface area contributed by atoms with Crippen LogP contribution in [0.4, 0.5) is 10.6 Å².